The molecule has 0 saturated carbocycles. The van der Waals surface area contributed by atoms with E-state index in [-0.39, 0.29) is 16.2 Å². The van der Waals surface area contributed by atoms with Crippen LogP contribution in [0.4, 0.5) is 69.0 Å². The molecule has 10 rings (SSSR count). The molecule has 0 bridgehead atoms. The zero-order valence-electron chi connectivity index (χ0n) is 42.3. The molecule has 0 fully saturated rings. The van der Waals surface area contributed by atoms with Gasteiger partial charge in [0.15, 0.2) is 0 Å². The lowest BCUT2D eigenvalue weighted by molar-refractivity contribution is 0.641. The molecule has 3 aliphatic heterocycles. The zero-order valence-corrected chi connectivity index (χ0v) is 42.3. The number of hydrogen-bond donors (Lipinski definition) is 3. The van der Waals surface area contributed by atoms with Crippen LogP contribution in [0.3, 0.4) is 0 Å². The summed E-state index contributed by atoms with van der Waals surface area (Å²) in [7, 11) is 6.33. The van der Waals surface area contributed by atoms with Crippen molar-refractivity contribution in [1.82, 2.24) is 15.0 Å². The number of likely N-dealkylation sites (N-methyl/N-ethyl adjacent to an activating group) is 3. The smallest absolute Gasteiger partial charge is 0.233 e. The van der Waals surface area contributed by atoms with Crippen LogP contribution in [0.1, 0.15) is 58.2 Å². The molecule has 0 aliphatic carbocycles. The lowest BCUT2D eigenvalue weighted by atomic mass is 9.84. The Hall–Kier alpha value is -8.64. The van der Waals surface area contributed by atoms with Crippen molar-refractivity contribution in [2.45, 2.75) is 57.8 Å². The average Bonchev–Trinajstić information content (AvgIpc) is 3.79. The molecule has 12 heteroatoms. The average molecular weight is 949 g/mol. The van der Waals surface area contributed by atoms with Crippen LogP contribution in [-0.2, 0) is 16.2 Å². The van der Waals surface area contributed by atoms with Gasteiger partial charge in [0.25, 0.3) is 0 Å². The first kappa shape index (κ1) is 47.1. The maximum atomic E-state index is 4.79. The van der Waals surface area contributed by atoms with E-state index in [1.165, 1.54) is 50.8 Å². The monoisotopic (exact) mass is 949 g/mol. The minimum atomic E-state index is -0.124. The van der Waals surface area contributed by atoms with Crippen molar-refractivity contribution < 1.29 is 0 Å². The molecule has 12 nitrogen and oxygen atoms in total. The van der Waals surface area contributed by atoms with E-state index in [2.05, 4.69) is 184 Å². The SMILES string of the molecule is CN1C(=CC=Nc2ccc(Nc3nc(Nc4ccc(N=CC=C5N(C)c6ccccc6C5(C)C)cc4)nc(Nc4ccc(N=CC=C5N(C)c6ccccc6C5(C)C)cc4)n3)cc2)C(C)(C)c2ccccc21. The van der Waals surface area contributed by atoms with Crippen LogP contribution in [0.5, 0.6) is 0 Å². The molecule has 3 aliphatic rings. The van der Waals surface area contributed by atoms with Gasteiger partial charge in [0.2, 0.25) is 17.8 Å². The highest BCUT2D eigenvalue weighted by Crippen LogP contribution is 2.48. The Balaban J connectivity index is 0.854. The first-order chi connectivity index (χ1) is 34.7. The van der Waals surface area contributed by atoms with E-state index in [4.69, 9.17) is 29.9 Å². The summed E-state index contributed by atoms with van der Waals surface area (Å²) in [6, 6.07) is 49.2. The van der Waals surface area contributed by atoms with Gasteiger partial charge in [0, 0.05) is 107 Å². The number of hydrogen-bond acceptors (Lipinski definition) is 12. The van der Waals surface area contributed by atoms with Gasteiger partial charge in [0.1, 0.15) is 0 Å². The van der Waals surface area contributed by atoms with Crippen LogP contribution in [0, 0.1) is 0 Å². The quantitative estimate of drug-likeness (QED) is 0.103. The molecule has 360 valence electrons. The van der Waals surface area contributed by atoms with Crippen LogP contribution in [0.15, 0.2) is 196 Å². The second-order valence-corrected chi connectivity index (χ2v) is 19.9. The van der Waals surface area contributed by atoms with Gasteiger partial charge in [0.05, 0.1) is 17.1 Å². The van der Waals surface area contributed by atoms with Crippen LogP contribution in [-0.4, -0.2) is 54.7 Å². The molecule has 7 aromatic rings. The van der Waals surface area contributed by atoms with Crippen molar-refractivity contribution in [3.05, 3.63) is 198 Å². The van der Waals surface area contributed by atoms with E-state index in [0.29, 0.717) is 17.8 Å². The van der Waals surface area contributed by atoms with E-state index >= 15 is 0 Å². The minimum Gasteiger partial charge on any atom is -0.347 e. The minimum absolute atomic E-state index is 0.124. The summed E-state index contributed by atoms with van der Waals surface area (Å²) in [5.74, 6) is 1.07. The predicted molar refractivity (Wildman–Crippen MR) is 301 cm³/mol. The van der Waals surface area contributed by atoms with Crippen molar-refractivity contribution in [2.24, 2.45) is 15.0 Å². The normalized spacial score (nSPS) is 18.0. The third-order valence-corrected chi connectivity index (χ3v) is 14.2. The molecule has 0 radical (unpaired) electrons. The van der Waals surface area contributed by atoms with Crippen LogP contribution in [0.2, 0.25) is 0 Å². The molecular formula is C60H60N12. The Bertz CT molecular complexity index is 2970. The van der Waals surface area contributed by atoms with Crippen LogP contribution >= 0.6 is 0 Å². The number of para-hydroxylation sites is 3. The number of nitrogens with zero attached hydrogens (tertiary/aromatic N) is 9. The predicted octanol–water partition coefficient (Wildman–Crippen LogP) is 14.1. The first-order valence-corrected chi connectivity index (χ1v) is 24.3. The Morgan fingerprint density at radius 2 is 0.611 bits per heavy atom. The zero-order chi connectivity index (χ0) is 50.2. The second-order valence-electron chi connectivity index (χ2n) is 19.9. The maximum absolute atomic E-state index is 4.79. The second kappa shape index (κ2) is 18.9. The Labute approximate surface area is 423 Å². The summed E-state index contributed by atoms with van der Waals surface area (Å²) in [6.45, 7) is 13.5. The number of fused-ring (bicyclic) bond motifs is 3. The topological polar surface area (TPSA) is 122 Å². The molecular weight excluding hydrogens is 889 g/mol. The van der Waals surface area contributed by atoms with Gasteiger partial charge in [-0.15, -0.1) is 0 Å². The summed E-state index contributed by atoms with van der Waals surface area (Å²) in [5, 5.41) is 10.1. The highest BCUT2D eigenvalue weighted by Gasteiger charge is 2.40. The maximum Gasteiger partial charge on any atom is 0.233 e. The molecule has 3 N–H and O–H groups in total. The van der Waals surface area contributed by atoms with Gasteiger partial charge in [-0.25, -0.2) is 0 Å². The fourth-order valence-electron chi connectivity index (χ4n) is 10.3. The van der Waals surface area contributed by atoms with Gasteiger partial charge in [-0.05, 0) is 126 Å². The molecule has 0 saturated heterocycles. The summed E-state index contributed by atoms with van der Waals surface area (Å²) in [5.41, 5.74) is 15.6. The van der Waals surface area contributed by atoms with Crippen molar-refractivity contribution in [3.63, 3.8) is 0 Å². The van der Waals surface area contributed by atoms with E-state index in [1.807, 2.05) is 91.4 Å². The Morgan fingerprint density at radius 1 is 0.361 bits per heavy atom. The van der Waals surface area contributed by atoms with Crippen LogP contribution < -0.4 is 30.7 Å². The third kappa shape index (κ3) is 9.14. The molecule has 0 amide bonds. The van der Waals surface area contributed by atoms with Crippen molar-refractivity contribution in [1.29, 1.82) is 0 Å². The molecule has 0 atom stereocenters. The summed E-state index contributed by atoms with van der Waals surface area (Å²) < 4.78 is 0. The lowest BCUT2D eigenvalue weighted by Gasteiger charge is -2.23. The first-order valence-electron chi connectivity index (χ1n) is 24.3. The Kier molecular flexibility index (Phi) is 12.4. The number of benzene rings is 6. The molecule has 6 aromatic carbocycles. The lowest BCUT2D eigenvalue weighted by Crippen LogP contribution is -2.23. The number of rotatable bonds is 12. The van der Waals surface area contributed by atoms with Gasteiger partial charge < -0.3 is 30.7 Å². The highest BCUT2D eigenvalue weighted by atomic mass is 15.3. The van der Waals surface area contributed by atoms with E-state index in [0.717, 1.165) is 34.1 Å². The van der Waals surface area contributed by atoms with E-state index < -0.39 is 0 Å². The number of anilines is 9. The fourth-order valence-corrected chi connectivity index (χ4v) is 10.3. The van der Waals surface area contributed by atoms with Gasteiger partial charge in [-0.1, -0.05) is 96.1 Å². The fraction of sp³-hybridized carbons (Fsp3) is 0.200. The van der Waals surface area contributed by atoms with E-state index in [9.17, 15) is 0 Å². The number of aliphatic imine (C=N–C) groups is 3. The standard InChI is InChI=1S/C60H60N12/c1-58(2)46-16-10-13-19-49(46)70(7)52(58)34-37-61-40-22-28-43(29-23-40)64-55-67-56(65-44-30-24-41(25-31-44)62-38-35-53-59(3,4)47-17-11-14-20-50(47)71(53)8)69-57(68-55)66-45-32-26-42(27-33-45)63-39-36-54-60(5,6)48-18-12-15-21-51(48)72(54)9/h10-39H,1-9H3,(H3,64,65,66,67,68,69). The van der Waals surface area contributed by atoms with E-state index in [1.54, 1.807) is 0 Å². The van der Waals surface area contributed by atoms with Crippen molar-refractivity contribution >= 4 is 87.7 Å². The van der Waals surface area contributed by atoms with Crippen LogP contribution in [0.25, 0.3) is 0 Å². The van der Waals surface area contributed by atoms with Crippen molar-refractivity contribution in [2.75, 3.05) is 51.8 Å². The molecule has 0 unspecified atom stereocenters. The van der Waals surface area contributed by atoms with Crippen molar-refractivity contribution in [3.8, 4) is 0 Å². The molecule has 72 heavy (non-hydrogen) atoms. The summed E-state index contributed by atoms with van der Waals surface area (Å²) in [4.78, 5) is 35.4. The Morgan fingerprint density at radius 3 is 0.861 bits per heavy atom. The molecule has 1 aromatic heterocycles. The largest absolute Gasteiger partial charge is 0.347 e. The molecule has 4 heterocycles. The highest BCUT2D eigenvalue weighted by molar-refractivity contribution is 5.83. The number of allylic oxidation sites excluding steroid dienone is 6. The van der Waals surface area contributed by atoms with Gasteiger partial charge >= 0.3 is 0 Å². The van der Waals surface area contributed by atoms with Gasteiger partial charge in [-0.3, -0.25) is 15.0 Å². The number of nitrogens with one attached hydrogen (secondary N) is 3. The third-order valence-electron chi connectivity index (χ3n) is 14.2. The summed E-state index contributed by atoms with van der Waals surface area (Å²) >= 11 is 0. The van der Waals surface area contributed by atoms with Gasteiger partial charge in [-0.2, -0.15) is 15.0 Å². The number of aromatic nitrogens is 3. The molecule has 0 spiro atoms. The summed E-state index contributed by atoms with van der Waals surface area (Å²) in [6.07, 6.45) is 11.9.